The lowest BCUT2D eigenvalue weighted by Gasteiger charge is -2.41. The molecule has 1 heterocycles. The van der Waals surface area contributed by atoms with E-state index in [0.29, 0.717) is 18.0 Å². The second-order valence-electron chi connectivity index (χ2n) is 7.95. The summed E-state index contributed by atoms with van der Waals surface area (Å²) in [6.07, 6.45) is 1.94. The highest BCUT2D eigenvalue weighted by atomic mass is 16.2. The van der Waals surface area contributed by atoms with E-state index in [4.69, 9.17) is 0 Å². The predicted molar refractivity (Wildman–Crippen MR) is 106 cm³/mol. The maximum absolute atomic E-state index is 12.6. The molecule has 4 heteroatoms. The van der Waals surface area contributed by atoms with Gasteiger partial charge in [0.25, 0.3) is 0 Å². The molecular formula is C22H29N3O. The van der Waals surface area contributed by atoms with E-state index in [1.54, 1.807) is 0 Å². The predicted octanol–water partition coefficient (Wildman–Crippen LogP) is 3.04. The molecule has 2 aromatic carbocycles. The molecule has 2 fully saturated rings. The molecule has 0 radical (unpaired) electrons. The third kappa shape index (κ3) is 3.49. The van der Waals surface area contributed by atoms with Crippen molar-refractivity contribution >= 4 is 16.7 Å². The lowest BCUT2D eigenvalue weighted by atomic mass is 9.78. The number of nitrogens with zero attached hydrogens (tertiary/aromatic N) is 2. The van der Waals surface area contributed by atoms with Gasteiger partial charge >= 0.3 is 0 Å². The van der Waals surface area contributed by atoms with E-state index in [2.05, 4.69) is 71.6 Å². The van der Waals surface area contributed by atoms with Gasteiger partial charge in [-0.25, -0.2) is 0 Å². The summed E-state index contributed by atoms with van der Waals surface area (Å²) < 4.78 is 0. The van der Waals surface area contributed by atoms with Gasteiger partial charge in [-0.2, -0.15) is 0 Å². The highest BCUT2D eigenvalue weighted by Crippen LogP contribution is 2.32. The van der Waals surface area contributed by atoms with E-state index in [9.17, 15) is 4.79 Å². The van der Waals surface area contributed by atoms with Crippen LogP contribution in [0.3, 0.4) is 0 Å². The van der Waals surface area contributed by atoms with Crippen LogP contribution >= 0.6 is 0 Å². The van der Waals surface area contributed by atoms with Gasteiger partial charge in [-0.1, -0.05) is 42.5 Å². The van der Waals surface area contributed by atoms with Gasteiger partial charge in [0, 0.05) is 44.2 Å². The second kappa shape index (κ2) is 7.37. The van der Waals surface area contributed by atoms with Gasteiger partial charge in [-0.15, -0.1) is 0 Å². The summed E-state index contributed by atoms with van der Waals surface area (Å²) in [6.45, 7) is 6.00. The molecule has 2 aromatic rings. The molecule has 1 atom stereocenters. The van der Waals surface area contributed by atoms with Gasteiger partial charge in [-0.05, 0) is 43.1 Å². The smallest absolute Gasteiger partial charge is 0.225 e. The first kappa shape index (κ1) is 17.5. The molecule has 4 rings (SSSR count). The Morgan fingerprint density at radius 2 is 1.73 bits per heavy atom. The average molecular weight is 351 g/mol. The molecular weight excluding hydrogens is 322 g/mol. The fourth-order valence-electron chi connectivity index (χ4n) is 4.31. The number of benzene rings is 2. The molecule has 1 amide bonds. The number of carbonyl (C=O) groups excluding carboxylic acids is 1. The summed E-state index contributed by atoms with van der Waals surface area (Å²) in [6, 6.07) is 15.8. The van der Waals surface area contributed by atoms with Crippen molar-refractivity contribution in [2.24, 2.45) is 5.92 Å². The molecule has 2 aliphatic rings. The number of rotatable bonds is 4. The normalized spacial score (nSPS) is 25.1. The molecule has 4 nitrogen and oxygen atoms in total. The second-order valence-corrected chi connectivity index (χ2v) is 7.95. The topological polar surface area (TPSA) is 35.6 Å². The third-order valence-electron chi connectivity index (χ3n) is 6.08. The Bertz CT molecular complexity index is 771. The Balaban J connectivity index is 1.33. The van der Waals surface area contributed by atoms with Gasteiger partial charge in [0.1, 0.15) is 0 Å². The van der Waals surface area contributed by atoms with Gasteiger partial charge in [0.15, 0.2) is 0 Å². The first-order valence-corrected chi connectivity index (χ1v) is 9.83. The van der Waals surface area contributed by atoms with Gasteiger partial charge < -0.3 is 15.1 Å². The standard InChI is InChI=1S/C22H29N3O/c1-16(20-9-5-7-17-6-3-4-8-21(17)20)23-19-14-18(15-19)22(26)25-12-10-24(2)11-13-25/h3-9,16,18-19,23H,10-15H2,1-2H3. The fourth-order valence-corrected chi connectivity index (χ4v) is 4.31. The van der Waals surface area contributed by atoms with Crippen LogP contribution in [0.25, 0.3) is 10.8 Å². The van der Waals surface area contributed by atoms with Crippen LogP contribution in [0.2, 0.25) is 0 Å². The molecule has 1 N–H and O–H groups in total. The zero-order valence-corrected chi connectivity index (χ0v) is 15.8. The van der Waals surface area contributed by atoms with Crippen molar-refractivity contribution in [2.45, 2.75) is 31.8 Å². The summed E-state index contributed by atoms with van der Waals surface area (Å²) in [7, 11) is 2.12. The molecule has 1 unspecified atom stereocenters. The number of fused-ring (bicyclic) bond motifs is 1. The van der Waals surface area contributed by atoms with Crippen LogP contribution in [-0.2, 0) is 4.79 Å². The monoisotopic (exact) mass is 351 g/mol. The largest absolute Gasteiger partial charge is 0.340 e. The minimum atomic E-state index is 0.218. The summed E-state index contributed by atoms with van der Waals surface area (Å²) in [5, 5.41) is 6.35. The van der Waals surface area contributed by atoms with Crippen molar-refractivity contribution in [1.29, 1.82) is 0 Å². The highest BCUT2D eigenvalue weighted by Gasteiger charge is 2.37. The Hall–Kier alpha value is -1.91. The summed E-state index contributed by atoms with van der Waals surface area (Å²) in [5.74, 6) is 0.588. The molecule has 1 aliphatic carbocycles. The van der Waals surface area contributed by atoms with Crippen LogP contribution < -0.4 is 5.32 Å². The van der Waals surface area contributed by atoms with Crippen LogP contribution in [0.4, 0.5) is 0 Å². The molecule has 0 spiro atoms. The number of nitrogens with one attached hydrogen (secondary N) is 1. The van der Waals surface area contributed by atoms with Crippen LogP contribution in [0.5, 0.6) is 0 Å². The van der Waals surface area contributed by atoms with Crippen molar-refractivity contribution in [3.05, 3.63) is 48.0 Å². The van der Waals surface area contributed by atoms with E-state index in [0.717, 1.165) is 39.0 Å². The first-order chi connectivity index (χ1) is 12.6. The maximum Gasteiger partial charge on any atom is 0.225 e. The number of hydrogen-bond acceptors (Lipinski definition) is 3. The van der Waals surface area contributed by atoms with Gasteiger partial charge in [-0.3, -0.25) is 4.79 Å². The Kier molecular flexibility index (Phi) is 4.96. The minimum absolute atomic E-state index is 0.218. The Labute approximate surface area is 156 Å². The quantitative estimate of drug-likeness (QED) is 0.920. The maximum atomic E-state index is 12.6. The van der Waals surface area contributed by atoms with Crippen LogP contribution in [0, 0.1) is 5.92 Å². The summed E-state index contributed by atoms with van der Waals surface area (Å²) in [5.41, 5.74) is 1.34. The molecule has 138 valence electrons. The van der Waals surface area contributed by atoms with Crippen molar-refractivity contribution < 1.29 is 4.79 Å². The van der Waals surface area contributed by atoms with Crippen molar-refractivity contribution in [1.82, 2.24) is 15.1 Å². The van der Waals surface area contributed by atoms with Crippen molar-refractivity contribution in [2.75, 3.05) is 33.2 Å². The molecule has 26 heavy (non-hydrogen) atoms. The Morgan fingerprint density at radius 1 is 1.04 bits per heavy atom. The van der Waals surface area contributed by atoms with Crippen LogP contribution in [0.15, 0.2) is 42.5 Å². The number of piperazine rings is 1. The molecule has 1 saturated carbocycles. The van der Waals surface area contributed by atoms with E-state index in [-0.39, 0.29) is 5.92 Å². The first-order valence-electron chi connectivity index (χ1n) is 9.83. The lowest BCUT2D eigenvalue weighted by molar-refractivity contribution is -0.140. The number of hydrogen-bond donors (Lipinski definition) is 1. The number of carbonyl (C=O) groups is 1. The summed E-state index contributed by atoms with van der Waals surface area (Å²) in [4.78, 5) is 17.0. The Morgan fingerprint density at radius 3 is 2.50 bits per heavy atom. The number of amides is 1. The SMILES string of the molecule is CC(NC1CC(C(=O)N2CCN(C)CC2)C1)c1cccc2ccccc12. The van der Waals surface area contributed by atoms with E-state index in [1.807, 2.05) is 0 Å². The average Bonchev–Trinajstić information content (AvgIpc) is 2.63. The zero-order valence-electron chi connectivity index (χ0n) is 15.8. The molecule has 1 aliphatic heterocycles. The van der Waals surface area contributed by atoms with Crippen LogP contribution in [-0.4, -0.2) is 55.0 Å². The van der Waals surface area contributed by atoms with E-state index in [1.165, 1.54) is 16.3 Å². The van der Waals surface area contributed by atoms with Crippen molar-refractivity contribution in [3.63, 3.8) is 0 Å². The highest BCUT2D eigenvalue weighted by molar-refractivity contribution is 5.86. The fraction of sp³-hybridized carbons (Fsp3) is 0.500. The van der Waals surface area contributed by atoms with Crippen molar-refractivity contribution in [3.8, 4) is 0 Å². The van der Waals surface area contributed by atoms with E-state index >= 15 is 0 Å². The van der Waals surface area contributed by atoms with Crippen LogP contribution in [0.1, 0.15) is 31.4 Å². The summed E-state index contributed by atoms with van der Waals surface area (Å²) >= 11 is 0. The third-order valence-corrected chi connectivity index (χ3v) is 6.08. The van der Waals surface area contributed by atoms with Gasteiger partial charge in [0.2, 0.25) is 5.91 Å². The van der Waals surface area contributed by atoms with E-state index < -0.39 is 0 Å². The minimum Gasteiger partial charge on any atom is -0.340 e. The number of likely N-dealkylation sites (N-methyl/N-ethyl adjacent to an activating group) is 1. The molecule has 1 saturated heterocycles. The zero-order chi connectivity index (χ0) is 18.1. The molecule has 0 aromatic heterocycles. The lowest BCUT2D eigenvalue weighted by Crippen LogP contribution is -2.53. The van der Waals surface area contributed by atoms with Gasteiger partial charge in [0.05, 0.1) is 0 Å². The molecule has 0 bridgehead atoms.